The predicted octanol–water partition coefficient (Wildman–Crippen LogP) is 2.00. The normalized spacial score (nSPS) is 10.3. The van der Waals surface area contributed by atoms with Crippen molar-refractivity contribution in [2.75, 3.05) is 11.5 Å². The number of nitrogens with one attached hydrogen (secondary N) is 1. The van der Waals surface area contributed by atoms with E-state index in [0.29, 0.717) is 31.9 Å². The molecule has 0 aliphatic carbocycles. The number of aromatic amines is 1. The third-order valence-electron chi connectivity index (χ3n) is 3.33. The van der Waals surface area contributed by atoms with Gasteiger partial charge in [-0.3, -0.25) is 5.73 Å². The Balaban J connectivity index is 2.50. The molecule has 0 unspecified atom stereocenters. The fraction of sp³-hybridized carbons (Fsp3) is 0. The molecule has 0 bridgehead atoms. The van der Waals surface area contributed by atoms with Gasteiger partial charge in [0, 0.05) is 5.56 Å². The second-order valence-electron chi connectivity index (χ2n) is 4.61. The molecule has 7 heteroatoms. The molecule has 3 aromatic rings. The molecule has 0 radical (unpaired) electrons. The lowest BCUT2D eigenvalue weighted by Crippen LogP contribution is -2.13. The van der Waals surface area contributed by atoms with Crippen LogP contribution >= 0.6 is 11.3 Å². The van der Waals surface area contributed by atoms with Crippen LogP contribution in [0.4, 0.5) is 11.5 Å². The summed E-state index contributed by atoms with van der Waals surface area (Å²) < 4.78 is 0. The van der Waals surface area contributed by atoms with E-state index in [1.807, 2.05) is 6.07 Å². The van der Waals surface area contributed by atoms with Crippen LogP contribution in [0.25, 0.3) is 21.3 Å². The standard InChI is InChI=1S/C15H9N5OS/c16-5-9-11(7-1-3-8(21)4-2-7)12-13(18)10(6-17)22-15(12)20-14(9)19/h1-4,21H,18H2,(H2,19,20)/p+1. The molecule has 0 aliphatic rings. The van der Waals surface area contributed by atoms with Gasteiger partial charge in [0.2, 0.25) is 0 Å². The molecule has 0 amide bonds. The minimum absolute atomic E-state index is 0.116. The fourth-order valence-electron chi connectivity index (χ4n) is 2.34. The van der Waals surface area contributed by atoms with E-state index in [9.17, 15) is 10.4 Å². The molecule has 2 heterocycles. The van der Waals surface area contributed by atoms with Crippen molar-refractivity contribution in [2.24, 2.45) is 0 Å². The molecule has 0 fully saturated rings. The molecule has 1 aromatic carbocycles. The molecule has 0 spiro atoms. The van der Waals surface area contributed by atoms with Crippen molar-refractivity contribution < 1.29 is 10.1 Å². The molecule has 6 nitrogen and oxygen atoms in total. The van der Waals surface area contributed by atoms with Crippen molar-refractivity contribution in [2.45, 2.75) is 0 Å². The number of aromatic nitrogens is 1. The van der Waals surface area contributed by atoms with Crippen LogP contribution in [0.5, 0.6) is 5.75 Å². The average Bonchev–Trinajstić information content (AvgIpc) is 2.82. The SMILES string of the molecule is N#Cc1sc2[nH+]c(N)c(C#N)c(-c3ccc(O)cc3)c2c1N. The molecular weight excluding hydrogens is 298 g/mol. The van der Waals surface area contributed by atoms with Gasteiger partial charge in [0.05, 0.1) is 11.1 Å². The highest BCUT2D eigenvalue weighted by Gasteiger charge is 2.24. The lowest BCUT2D eigenvalue weighted by molar-refractivity contribution is -0.323. The molecule has 22 heavy (non-hydrogen) atoms. The van der Waals surface area contributed by atoms with Crippen LogP contribution in [0.15, 0.2) is 24.3 Å². The van der Waals surface area contributed by atoms with Gasteiger partial charge in [0.25, 0.3) is 5.82 Å². The third kappa shape index (κ3) is 1.89. The summed E-state index contributed by atoms with van der Waals surface area (Å²) in [5, 5.41) is 28.6. The maximum atomic E-state index is 9.43. The molecular formula is C15H10N5OS+. The number of nitrogens with two attached hydrogens (primary N) is 2. The lowest BCUT2D eigenvalue weighted by Gasteiger charge is -2.07. The highest BCUT2D eigenvalue weighted by Crippen LogP contribution is 2.40. The second-order valence-corrected chi connectivity index (χ2v) is 5.63. The van der Waals surface area contributed by atoms with Gasteiger partial charge in [-0.05, 0) is 17.7 Å². The summed E-state index contributed by atoms with van der Waals surface area (Å²) >= 11 is 1.19. The van der Waals surface area contributed by atoms with Crippen molar-refractivity contribution in [1.82, 2.24) is 0 Å². The smallest absolute Gasteiger partial charge is 0.290 e. The van der Waals surface area contributed by atoms with E-state index in [2.05, 4.69) is 11.1 Å². The van der Waals surface area contributed by atoms with Gasteiger partial charge in [0.15, 0.2) is 4.83 Å². The number of phenols is 1. The van der Waals surface area contributed by atoms with Crippen LogP contribution in [-0.4, -0.2) is 5.11 Å². The van der Waals surface area contributed by atoms with Gasteiger partial charge in [-0.25, -0.2) is 4.98 Å². The van der Waals surface area contributed by atoms with E-state index in [4.69, 9.17) is 16.7 Å². The highest BCUT2D eigenvalue weighted by atomic mass is 32.1. The molecule has 0 saturated heterocycles. The van der Waals surface area contributed by atoms with Gasteiger partial charge in [-0.1, -0.05) is 23.5 Å². The monoisotopic (exact) mass is 308 g/mol. The Morgan fingerprint density at radius 3 is 2.36 bits per heavy atom. The molecule has 0 aliphatic heterocycles. The number of benzene rings is 1. The minimum Gasteiger partial charge on any atom is -0.508 e. The first-order valence-corrected chi connectivity index (χ1v) is 7.04. The molecule has 6 N–H and O–H groups in total. The van der Waals surface area contributed by atoms with Crippen molar-refractivity contribution in [3.8, 4) is 29.0 Å². The average molecular weight is 308 g/mol. The van der Waals surface area contributed by atoms with Crippen molar-refractivity contribution in [1.29, 1.82) is 10.5 Å². The molecule has 2 aromatic heterocycles. The van der Waals surface area contributed by atoms with Gasteiger partial charge in [-0.2, -0.15) is 10.5 Å². The number of fused-ring (bicyclic) bond motifs is 1. The zero-order valence-electron chi connectivity index (χ0n) is 11.2. The zero-order valence-corrected chi connectivity index (χ0v) is 12.0. The van der Waals surface area contributed by atoms with E-state index < -0.39 is 0 Å². The second kappa shape index (κ2) is 4.92. The number of aromatic hydroxyl groups is 1. The first-order valence-electron chi connectivity index (χ1n) is 6.23. The van der Waals surface area contributed by atoms with Gasteiger partial charge in [0.1, 0.15) is 28.3 Å². The van der Waals surface area contributed by atoms with E-state index in [1.54, 1.807) is 12.1 Å². The van der Waals surface area contributed by atoms with Crippen LogP contribution in [0, 0.1) is 22.7 Å². The topological polar surface area (TPSA) is 134 Å². The molecule has 0 saturated carbocycles. The van der Waals surface area contributed by atoms with Gasteiger partial charge >= 0.3 is 0 Å². The predicted molar refractivity (Wildman–Crippen MR) is 83.7 cm³/mol. The summed E-state index contributed by atoms with van der Waals surface area (Å²) in [6.45, 7) is 0. The van der Waals surface area contributed by atoms with Crippen LogP contribution in [-0.2, 0) is 0 Å². The third-order valence-corrected chi connectivity index (χ3v) is 4.36. The Morgan fingerprint density at radius 1 is 1.09 bits per heavy atom. The van der Waals surface area contributed by atoms with Gasteiger partial charge in [-0.15, -0.1) is 0 Å². The number of hydrogen-bond acceptors (Lipinski definition) is 6. The highest BCUT2D eigenvalue weighted by molar-refractivity contribution is 7.19. The fourth-order valence-corrected chi connectivity index (χ4v) is 3.28. The number of nitrogen functional groups attached to an aromatic ring is 2. The van der Waals surface area contributed by atoms with Gasteiger partial charge < -0.3 is 10.8 Å². The van der Waals surface area contributed by atoms with E-state index in [0.717, 1.165) is 0 Å². The summed E-state index contributed by atoms with van der Waals surface area (Å²) in [6.07, 6.45) is 0. The quantitative estimate of drug-likeness (QED) is 0.632. The zero-order chi connectivity index (χ0) is 15.9. The molecule has 0 atom stereocenters. The molecule has 3 rings (SSSR count). The van der Waals surface area contributed by atoms with Crippen LogP contribution in [0.2, 0.25) is 0 Å². The number of H-pyrrole nitrogens is 1. The molecule has 106 valence electrons. The Labute approximate surface area is 129 Å². The Hall–Kier alpha value is -3.29. The van der Waals surface area contributed by atoms with Crippen molar-refractivity contribution in [3.63, 3.8) is 0 Å². The van der Waals surface area contributed by atoms with Crippen molar-refractivity contribution in [3.05, 3.63) is 34.7 Å². The number of nitrogens with zero attached hydrogens (tertiary/aromatic N) is 2. The number of rotatable bonds is 1. The summed E-state index contributed by atoms with van der Waals surface area (Å²) in [6, 6.07) is 10.5. The maximum absolute atomic E-state index is 9.43. The lowest BCUT2D eigenvalue weighted by atomic mass is 9.97. The summed E-state index contributed by atoms with van der Waals surface area (Å²) in [5.41, 5.74) is 13.8. The Morgan fingerprint density at radius 2 is 1.77 bits per heavy atom. The van der Waals surface area contributed by atoms with Crippen LogP contribution < -0.4 is 16.5 Å². The van der Waals surface area contributed by atoms with Crippen LogP contribution in [0.1, 0.15) is 10.4 Å². The first kappa shape index (κ1) is 13.7. The van der Waals surface area contributed by atoms with Crippen LogP contribution in [0.3, 0.4) is 0 Å². The number of phenolic OH excluding ortho intramolecular Hbond substituents is 1. The minimum atomic E-state index is 0.116. The number of pyridine rings is 1. The Kier molecular flexibility index (Phi) is 3.06. The van der Waals surface area contributed by atoms with Crippen molar-refractivity contribution >= 4 is 33.1 Å². The van der Waals surface area contributed by atoms with E-state index >= 15 is 0 Å². The Bertz CT molecular complexity index is 977. The number of thiophene rings is 1. The summed E-state index contributed by atoms with van der Waals surface area (Å²) in [5.74, 6) is 0.328. The number of anilines is 2. The largest absolute Gasteiger partial charge is 0.508 e. The number of hydrogen-bond donors (Lipinski definition) is 3. The first-order chi connectivity index (χ1) is 10.6. The number of nitriles is 2. The van der Waals surface area contributed by atoms with E-state index in [-0.39, 0.29) is 17.1 Å². The van der Waals surface area contributed by atoms with E-state index in [1.165, 1.54) is 23.5 Å². The summed E-state index contributed by atoms with van der Waals surface area (Å²) in [7, 11) is 0. The maximum Gasteiger partial charge on any atom is 0.290 e. The summed E-state index contributed by atoms with van der Waals surface area (Å²) in [4.78, 5) is 3.91.